The summed E-state index contributed by atoms with van der Waals surface area (Å²) < 4.78 is 0. The van der Waals surface area contributed by atoms with Crippen molar-refractivity contribution in [2.75, 3.05) is 11.9 Å². The van der Waals surface area contributed by atoms with Gasteiger partial charge in [-0.3, -0.25) is 19.2 Å². The van der Waals surface area contributed by atoms with Gasteiger partial charge in [0.25, 0.3) is 5.91 Å². The van der Waals surface area contributed by atoms with Gasteiger partial charge in [0.05, 0.1) is 24.3 Å². The van der Waals surface area contributed by atoms with E-state index in [0.717, 1.165) is 0 Å². The van der Waals surface area contributed by atoms with Gasteiger partial charge in [0.1, 0.15) is 0 Å². The van der Waals surface area contributed by atoms with Crippen LogP contribution in [0.1, 0.15) is 33.6 Å². The summed E-state index contributed by atoms with van der Waals surface area (Å²) in [4.78, 5) is 53.9. The van der Waals surface area contributed by atoms with Gasteiger partial charge in [0.2, 0.25) is 5.91 Å². The molecule has 0 bridgehead atoms. The summed E-state index contributed by atoms with van der Waals surface area (Å²) in [5.41, 5.74) is 0. The monoisotopic (exact) mass is 470 g/mol. The molecule has 0 saturated carbocycles. The summed E-state index contributed by atoms with van der Waals surface area (Å²) in [5.74, 6) is -3.02. The Morgan fingerprint density at radius 1 is 1.14 bits per heavy atom. The minimum atomic E-state index is -1.20. The molecule has 29 heavy (non-hydrogen) atoms. The standard InChI is InChI=1S/C20H27BrN2O6/c1-4-23(29-14-8-6-5-7-9-14)18(25)10-15(13(2)3)20(28)22-16(11-19(26)27)17(24)12-21/h5-9,13,15-16H,4,10-12H2,1-3H3,(H,22,28)(H,26,27). The molecule has 0 aliphatic heterocycles. The highest BCUT2D eigenvalue weighted by atomic mass is 79.9. The van der Waals surface area contributed by atoms with Crippen LogP contribution in [-0.2, 0) is 19.2 Å². The second-order valence-electron chi connectivity index (χ2n) is 6.81. The minimum Gasteiger partial charge on any atom is -0.481 e. The zero-order valence-corrected chi connectivity index (χ0v) is 18.3. The number of ketones is 1. The average molecular weight is 471 g/mol. The second-order valence-corrected chi connectivity index (χ2v) is 7.37. The van der Waals surface area contributed by atoms with Gasteiger partial charge in [-0.2, -0.15) is 5.06 Å². The normalized spacial score (nSPS) is 12.7. The van der Waals surface area contributed by atoms with E-state index in [0.29, 0.717) is 5.75 Å². The third kappa shape index (κ3) is 8.23. The molecule has 0 fully saturated rings. The van der Waals surface area contributed by atoms with E-state index in [2.05, 4.69) is 21.2 Å². The number of Topliss-reactive ketones (excluding diaryl/α,β-unsaturated/α-hetero) is 1. The lowest BCUT2D eigenvalue weighted by Crippen LogP contribution is -2.47. The van der Waals surface area contributed by atoms with Crippen LogP contribution in [0.15, 0.2) is 30.3 Å². The maximum Gasteiger partial charge on any atom is 0.305 e. The van der Waals surface area contributed by atoms with Gasteiger partial charge in [-0.15, -0.1) is 0 Å². The molecule has 0 aromatic heterocycles. The van der Waals surface area contributed by atoms with Gasteiger partial charge < -0.3 is 15.3 Å². The van der Waals surface area contributed by atoms with Crippen molar-refractivity contribution in [3.63, 3.8) is 0 Å². The lowest BCUT2D eigenvalue weighted by atomic mass is 9.90. The van der Waals surface area contributed by atoms with Crippen molar-refractivity contribution in [2.24, 2.45) is 11.8 Å². The van der Waals surface area contributed by atoms with Crippen molar-refractivity contribution in [2.45, 2.75) is 39.7 Å². The molecule has 1 aromatic rings. The molecule has 2 unspecified atom stereocenters. The van der Waals surface area contributed by atoms with Crippen LogP contribution in [0.3, 0.4) is 0 Å². The Morgan fingerprint density at radius 2 is 1.76 bits per heavy atom. The van der Waals surface area contributed by atoms with Crippen LogP contribution in [0.5, 0.6) is 5.75 Å². The Morgan fingerprint density at radius 3 is 2.24 bits per heavy atom. The summed E-state index contributed by atoms with van der Waals surface area (Å²) in [6, 6.07) is 7.66. The van der Waals surface area contributed by atoms with Crippen molar-refractivity contribution in [3.05, 3.63) is 30.3 Å². The quantitative estimate of drug-likeness (QED) is 0.358. The molecular weight excluding hydrogens is 444 g/mol. The molecule has 0 aliphatic rings. The molecule has 0 aliphatic carbocycles. The number of rotatable bonds is 12. The van der Waals surface area contributed by atoms with E-state index in [1.54, 1.807) is 45.0 Å². The molecule has 0 saturated heterocycles. The maximum absolute atomic E-state index is 12.7. The number of nitrogens with zero attached hydrogens (tertiary/aromatic N) is 1. The Balaban J connectivity index is 2.86. The third-order valence-corrected chi connectivity index (χ3v) is 4.83. The van der Waals surface area contributed by atoms with Crippen LogP contribution in [-0.4, -0.2) is 51.7 Å². The van der Waals surface area contributed by atoms with Crippen molar-refractivity contribution in [3.8, 4) is 5.75 Å². The van der Waals surface area contributed by atoms with Crippen LogP contribution in [0, 0.1) is 11.8 Å². The van der Waals surface area contributed by atoms with Crippen LogP contribution in [0.4, 0.5) is 0 Å². The first kappa shape index (κ1) is 24.6. The molecule has 8 nitrogen and oxygen atoms in total. The molecule has 1 rings (SSSR count). The van der Waals surface area contributed by atoms with Gasteiger partial charge in [-0.25, -0.2) is 0 Å². The SMILES string of the molecule is CCN(Oc1ccccc1)C(=O)CC(C(=O)NC(CC(=O)O)C(=O)CBr)C(C)C. The van der Waals surface area contributed by atoms with Crippen LogP contribution in [0.25, 0.3) is 0 Å². The van der Waals surface area contributed by atoms with Crippen LogP contribution >= 0.6 is 15.9 Å². The molecule has 2 atom stereocenters. The van der Waals surface area contributed by atoms with Gasteiger partial charge in [-0.1, -0.05) is 48.0 Å². The summed E-state index contributed by atoms with van der Waals surface area (Å²) in [7, 11) is 0. The topological polar surface area (TPSA) is 113 Å². The fraction of sp³-hybridized carbons (Fsp3) is 0.500. The fourth-order valence-corrected chi connectivity index (χ4v) is 3.00. The number of amides is 2. The fourth-order valence-electron chi connectivity index (χ4n) is 2.61. The van der Waals surface area contributed by atoms with E-state index in [1.807, 2.05) is 6.07 Å². The lowest BCUT2D eigenvalue weighted by molar-refractivity contribution is -0.159. The first-order chi connectivity index (χ1) is 13.7. The first-order valence-electron chi connectivity index (χ1n) is 9.33. The minimum absolute atomic E-state index is 0.0783. The summed E-state index contributed by atoms with van der Waals surface area (Å²) >= 11 is 2.99. The lowest BCUT2D eigenvalue weighted by Gasteiger charge is -2.26. The Bertz CT molecular complexity index is 710. The van der Waals surface area contributed by atoms with Crippen molar-refractivity contribution >= 4 is 39.5 Å². The number of hydrogen-bond acceptors (Lipinski definition) is 5. The Labute approximate surface area is 178 Å². The van der Waals surface area contributed by atoms with E-state index >= 15 is 0 Å². The zero-order chi connectivity index (χ0) is 22.0. The molecule has 0 heterocycles. The Hall–Kier alpha value is -2.42. The van der Waals surface area contributed by atoms with E-state index in [4.69, 9.17) is 9.94 Å². The van der Waals surface area contributed by atoms with E-state index in [-0.39, 0.29) is 30.1 Å². The largest absolute Gasteiger partial charge is 0.481 e. The number of aliphatic carboxylic acids is 1. The molecule has 2 amide bonds. The molecule has 9 heteroatoms. The number of hydrogen-bond donors (Lipinski definition) is 2. The van der Waals surface area contributed by atoms with Crippen molar-refractivity contribution in [1.82, 2.24) is 10.4 Å². The smallest absolute Gasteiger partial charge is 0.305 e. The van der Waals surface area contributed by atoms with Crippen LogP contribution in [0.2, 0.25) is 0 Å². The van der Waals surface area contributed by atoms with Crippen LogP contribution < -0.4 is 10.2 Å². The zero-order valence-electron chi connectivity index (χ0n) is 16.8. The number of carbonyl (C=O) groups is 4. The number of carboxylic acids is 1. The molecule has 1 aromatic carbocycles. The maximum atomic E-state index is 12.7. The predicted molar refractivity (Wildman–Crippen MR) is 110 cm³/mol. The molecular formula is C20H27BrN2O6. The highest BCUT2D eigenvalue weighted by Gasteiger charge is 2.31. The number of carbonyl (C=O) groups excluding carboxylic acids is 3. The highest BCUT2D eigenvalue weighted by Crippen LogP contribution is 2.19. The van der Waals surface area contributed by atoms with Gasteiger partial charge >= 0.3 is 5.97 Å². The van der Waals surface area contributed by atoms with Crippen molar-refractivity contribution < 1.29 is 29.1 Å². The number of alkyl halides is 1. The second kappa shape index (κ2) is 12.2. The molecule has 0 spiro atoms. The Kier molecular flexibility index (Phi) is 10.4. The molecule has 2 N–H and O–H groups in total. The highest BCUT2D eigenvalue weighted by molar-refractivity contribution is 9.09. The van der Waals surface area contributed by atoms with Gasteiger partial charge in [-0.05, 0) is 25.0 Å². The number of hydroxylamine groups is 2. The first-order valence-corrected chi connectivity index (χ1v) is 10.5. The van der Waals surface area contributed by atoms with Crippen molar-refractivity contribution in [1.29, 1.82) is 0 Å². The average Bonchev–Trinajstić information content (AvgIpc) is 2.68. The third-order valence-electron chi connectivity index (χ3n) is 4.28. The number of halogens is 1. The summed E-state index contributed by atoms with van der Waals surface area (Å²) in [6.45, 7) is 5.60. The summed E-state index contributed by atoms with van der Waals surface area (Å²) in [6.07, 6.45) is -0.653. The molecule has 0 radical (unpaired) electrons. The van der Waals surface area contributed by atoms with E-state index in [9.17, 15) is 19.2 Å². The molecule has 160 valence electrons. The predicted octanol–water partition coefficient (Wildman–Crippen LogP) is 2.41. The number of benzene rings is 1. The van der Waals surface area contributed by atoms with E-state index in [1.165, 1.54) is 5.06 Å². The number of para-hydroxylation sites is 1. The van der Waals surface area contributed by atoms with Gasteiger partial charge in [0.15, 0.2) is 11.5 Å². The number of nitrogens with one attached hydrogen (secondary N) is 1. The van der Waals surface area contributed by atoms with Gasteiger partial charge in [0, 0.05) is 12.3 Å². The van der Waals surface area contributed by atoms with E-state index < -0.39 is 36.0 Å². The number of carboxylic acid groups (broad SMARTS) is 1. The summed E-state index contributed by atoms with van der Waals surface area (Å²) in [5, 5.41) is 12.6.